The molecule has 142 valence electrons. The molecule has 3 N–H and O–H groups in total. The van der Waals surface area contributed by atoms with Crippen LogP contribution in [0.1, 0.15) is 37.7 Å². The Labute approximate surface area is 157 Å². The number of pyridine rings is 1. The number of aromatic nitrogens is 1. The van der Waals surface area contributed by atoms with Crippen molar-refractivity contribution in [1.29, 1.82) is 0 Å². The largest absolute Gasteiger partial charge is 0.350 e. The van der Waals surface area contributed by atoms with E-state index in [0.29, 0.717) is 25.1 Å². The quantitative estimate of drug-likeness (QED) is 0.755. The van der Waals surface area contributed by atoms with E-state index in [1.165, 1.54) is 18.2 Å². The van der Waals surface area contributed by atoms with Gasteiger partial charge in [-0.1, -0.05) is 31.4 Å². The van der Waals surface area contributed by atoms with Gasteiger partial charge in [-0.15, -0.1) is 0 Å². The molecule has 1 saturated carbocycles. The summed E-state index contributed by atoms with van der Waals surface area (Å²) in [5.74, 6) is -0.644. The third-order valence-electron chi connectivity index (χ3n) is 4.75. The zero-order valence-corrected chi connectivity index (χ0v) is 15.0. The summed E-state index contributed by atoms with van der Waals surface area (Å²) in [4.78, 5) is 29.4. The Bertz CT molecular complexity index is 792. The molecule has 0 unspecified atom stereocenters. The molecule has 1 aromatic heterocycles. The van der Waals surface area contributed by atoms with Gasteiger partial charge in [0, 0.05) is 24.6 Å². The predicted octanol–water partition coefficient (Wildman–Crippen LogP) is 3.36. The minimum atomic E-state index is -0.960. The van der Waals surface area contributed by atoms with Crippen LogP contribution >= 0.6 is 0 Å². The topological polar surface area (TPSA) is 83.1 Å². The van der Waals surface area contributed by atoms with E-state index in [0.717, 1.165) is 24.8 Å². The number of amides is 3. The van der Waals surface area contributed by atoms with Crippen molar-refractivity contribution in [2.45, 2.75) is 44.2 Å². The SMILES string of the molecule is O=C(Nc1cccc(F)c1)NC1(C(=O)NCc2cccnc2)CCCCC1. The number of halogens is 1. The van der Waals surface area contributed by atoms with Crippen LogP contribution in [0.5, 0.6) is 0 Å². The van der Waals surface area contributed by atoms with Crippen LogP contribution in [0.25, 0.3) is 0 Å². The molecule has 1 fully saturated rings. The minimum absolute atomic E-state index is 0.208. The summed E-state index contributed by atoms with van der Waals surface area (Å²) in [5, 5.41) is 8.35. The van der Waals surface area contributed by atoms with Crippen molar-refractivity contribution in [3.8, 4) is 0 Å². The molecule has 2 aromatic rings. The van der Waals surface area contributed by atoms with E-state index in [9.17, 15) is 14.0 Å². The molecular formula is C20H23FN4O2. The maximum atomic E-state index is 13.3. The predicted molar refractivity (Wildman–Crippen MR) is 100 cm³/mol. The van der Waals surface area contributed by atoms with Gasteiger partial charge in [-0.2, -0.15) is 0 Å². The second-order valence-electron chi connectivity index (χ2n) is 6.78. The summed E-state index contributed by atoms with van der Waals surface area (Å²) >= 11 is 0. The van der Waals surface area contributed by atoms with Crippen LogP contribution in [0.2, 0.25) is 0 Å². The first-order valence-corrected chi connectivity index (χ1v) is 9.09. The summed E-state index contributed by atoms with van der Waals surface area (Å²) in [6.07, 6.45) is 7.26. The molecule has 1 aliphatic rings. The van der Waals surface area contributed by atoms with Gasteiger partial charge in [0.1, 0.15) is 11.4 Å². The highest BCUT2D eigenvalue weighted by atomic mass is 19.1. The average Bonchev–Trinajstić information content (AvgIpc) is 2.67. The van der Waals surface area contributed by atoms with E-state index >= 15 is 0 Å². The van der Waals surface area contributed by atoms with Gasteiger partial charge < -0.3 is 16.0 Å². The number of benzene rings is 1. The van der Waals surface area contributed by atoms with Crippen LogP contribution in [0.4, 0.5) is 14.9 Å². The highest BCUT2D eigenvalue weighted by Crippen LogP contribution is 2.29. The lowest BCUT2D eigenvalue weighted by Gasteiger charge is -2.36. The van der Waals surface area contributed by atoms with Crippen LogP contribution in [0, 0.1) is 5.82 Å². The molecule has 3 rings (SSSR count). The van der Waals surface area contributed by atoms with Gasteiger partial charge in [0.2, 0.25) is 5.91 Å². The third kappa shape index (κ3) is 5.03. The number of nitrogens with zero attached hydrogens (tertiary/aromatic N) is 1. The Morgan fingerprint density at radius 3 is 2.63 bits per heavy atom. The van der Waals surface area contributed by atoms with E-state index < -0.39 is 17.4 Å². The van der Waals surface area contributed by atoms with Gasteiger partial charge in [-0.05, 0) is 42.7 Å². The lowest BCUT2D eigenvalue weighted by atomic mass is 9.81. The van der Waals surface area contributed by atoms with Gasteiger partial charge in [0.05, 0.1) is 0 Å². The van der Waals surface area contributed by atoms with Crippen LogP contribution in [0.15, 0.2) is 48.8 Å². The Balaban J connectivity index is 1.66. The molecule has 1 aromatic carbocycles. The van der Waals surface area contributed by atoms with Crippen LogP contribution in [-0.4, -0.2) is 22.5 Å². The maximum absolute atomic E-state index is 13.3. The molecule has 0 radical (unpaired) electrons. The number of urea groups is 1. The van der Waals surface area contributed by atoms with Crippen LogP contribution in [0.3, 0.4) is 0 Å². The molecule has 0 aliphatic heterocycles. The first-order chi connectivity index (χ1) is 13.1. The van der Waals surface area contributed by atoms with E-state index in [4.69, 9.17) is 0 Å². The van der Waals surface area contributed by atoms with Crippen molar-refractivity contribution >= 4 is 17.6 Å². The number of nitrogens with one attached hydrogen (secondary N) is 3. The van der Waals surface area contributed by atoms with E-state index in [1.54, 1.807) is 18.5 Å². The number of carbonyl (C=O) groups excluding carboxylic acids is 2. The number of hydrogen-bond acceptors (Lipinski definition) is 3. The fraction of sp³-hybridized carbons (Fsp3) is 0.350. The minimum Gasteiger partial charge on any atom is -0.350 e. The Hall–Kier alpha value is -2.96. The summed E-state index contributed by atoms with van der Waals surface area (Å²) in [5.41, 5.74) is 0.271. The van der Waals surface area contributed by atoms with Crippen LogP contribution < -0.4 is 16.0 Å². The summed E-state index contributed by atoms with van der Waals surface area (Å²) in [7, 11) is 0. The van der Waals surface area contributed by atoms with Gasteiger partial charge in [0.15, 0.2) is 0 Å². The van der Waals surface area contributed by atoms with Crippen molar-refractivity contribution in [1.82, 2.24) is 15.6 Å². The number of carbonyl (C=O) groups is 2. The molecule has 1 heterocycles. The molecule has 0 bridgehead atoms. The zero-order chi connectivity index (χ0) is 19.1. The fourth-order valence-electron chi connectivity index (χ4n) is 3.36. The third-order valence-corrected chi connectivity index (χ3v) is 4.75. The lowest BCUT2D eigenvalue weighted by Crippen LogP contribution is -2.60. The second-order valence-corrected chi connectivity index (χ2v) is 6.78. The lowest BCUT2D eigenvalue weighted by molar-refractivity contribution is -0.128. The smallest absolute Gasteiger partial charge is 0.320 e. The van der Waals surface area contributed by atoms with Gasteiger partial charge in [0.25, 0.3) is 0 Å². The fourth-order valence-corrected chi connectivity index (χ4v) is 3.36. The highest BCUT2D eigenvalue weighted by molar-refractivity contribution is 5.96. The molecule has 6 nitrogen and oxygen atoms in total. The van der Waals surface area contributed by atoms with Gasteiger partial charge >= 0.3 is 6.03 Å². The van der Waals surface area contributed by atoms with Crippen molar-refractivity contribution in [3.63, 3.8) is 0 Å². The normalized spacial score (nSPS) is 15.6. The molecule has 3 amide bonds. The first-order valence-electron chi connectivity index (χ1n) is 9.09. The Kier molecular flexibility index (Phi) is 6.01. The summed E-state index contributed by atoms with van der Waals surface area (Å²) < 4.78 is 13.3. The molecule has 1 aliphatic carbocycles. The van der Waals surface area contributed by atoms with Gasteiger partial charge in [-0.3, -0.25) is 9.78 Å². The Morgan fingerprint density at radius 1 is 1.11 bits per heavy atom. The Morgan fingerprint density at radius 2 is 1.93 bits per heavy atom. The van der Waals surface area contributed by atoms with Crippen molar-refractivity contribution in [3.05, 3.63) is 60.2 Å². The van der Waals surface area contributed by atoms with Gasteiger partial charge in [-0.25, -0.2) is 9.18 Å². The van der Waals surface area contributed by atoms with E-state index in [-0.39, 0.29) is 5.91 Å². The summed E-state index contributed by atoms with van der Waals surface area (Å²) in [6, 6.07) is 8.82. The first kappa shape index (κ1) is 18.8. The molecular weight excluding hydrogens is 347 g/mol. The van der Waals surface area contributed by atoms with E-state index in [1.807, 2.05) is 12.1 Å². The van der Waals surface area contributed by atoms with Crippen molar-refractivity contribution < 1.29 is 14.0 Å². The molecule has 0 saturated heterocycles. The number of rotatable bonds is 5. The van der Waals surface area contributed by atoms with Crippen LogP contribution in [-0.2, 0) is 11.3 Å². The molecule has 0 atom stereocenters. The molecule has 7 heteroatoms. The highest BCUT2D eigenvalue weighted by Gasteiger charge is 2.40. The standard InChI is InChI=1S/C20H23FN4O2/c21-16-7-4-8-17(12-16)24-19(27)25-20(9-2-1-3-10-20)18(26)23-14-15-6-5-11-22-13-15/h4-8,11-13H,1-3,9-10,14H2,(H,23,26)(H2,24,25,27). The molecule has 27 heavy (non-hydrogen) atoms. The zero-order valence-electron chi connectivity index (χ0n) is 15.0. The maximum Gasteiger partial charge on any atom is 0.320 e. The second kappa shape index (κ2) is 8.62. The summed E-state index contributed by atoms with van der Waals surface area (Å²) in [6.45, 7) is 0.349. The number of anilines is 1. The average molecular weight is 370 g/mol. The number of hydrogen-bond donors (Lipinski definition) is 3. The van der Waals surface area contributed by atoms with Crippen molar-refractivity contribution in [2.24, 2.45) is 0 Å². The molecule has 0 spiro atoms. The monoisotopic (exact) mass is 370 g/mol. The van der Waals surface area contributed by atoms with E-state index in [2.05, 4.69) is 20.9 Å². The van der Waals surface area contributed by atoms with Crippen molar-refractivity contribution in [2.75, 3.05) is 5.32 Å².